The molecular weight excluding hydrogens is 1070 g/mol. The predicted octanol–water partition coefficient (Wildman–Crippen LogP) is 5.33. The fourth-order valence-electron chi connectivity index (χ4n) is 7.97. The molecule has 23 nitrogen and oxygen atoms in total. The van der Waals surface area contributed by atoms with Crippen molar-refractivity contribution in [2.24, 2.45) is 22.9 Å². The van der Waals surface area contributed by atoms with E-state index in [-0.39, 0.29) is 69.6 Å². The number of aryl methyl sites for hydroxylation is 1. The number of hydrogen-bond donors (Lipinski definition) is 9. The number of thiazole rings is 2. The standard InChI is InChI=1S/C54H62FN13O10S2/c1-5-25-77-54(75)67(4)30-35-28-36(61-48(70)40(62-44(69)29-56)15-8-22-60-50(59)73)20-19-34(35)31-78-53(74)66(3)23-9-12-33-18-21-41(38(55)27-33)76-26-11-17-43-45(49(71)72)64-52(80-43)68-24-10-13-37(47(68)58)32(2)46(57)65-51-63-39-14-6-7-16-42(39)79-51/h1,6-7,14,16,18-21,27-28,40H,8,10-11,13,15,17,22-26,29-31,56-58H2,2-4H3,(H,61,70)(H,62,69)(H,63,65)(H,71,72)(H3,59,60,73)/b46-32+. The van der Waals surface area contributed by atoms with E-state index in [4.69, 9.17) is 43.6 Å². The second-order valence-corrected chi connectivity index (χ2v) is 20.1. The zero-order valence-electron chi connectivity index (χ0n) is 44.2. The number of nitrogens with zero attached hydrogens (tertiary/aromatic N) is 5. The number of aromatic carboxylic acids is 1. The first-order chi connectivity index (χ1) is 38.3. The number of anilines is 3. The van der Waals surface area contributed by atoms with Crippen LogP contribution in [0.5, 0.6) is 5.75 Å². The summed E-state index contributed by atoms with van der Waals surface area (Å²) in [6, 6.07) is 14.9. The van der Waals surface area contributed by atoms with Crippen LogP contribution in [-0.4, -0.2) is 120 Å². The molecule has 13 N–H and O–H groups in total. The van der Waals surface area contributed by atoms with E-state index in [1.807, 2.05) is 31.2 Å². The normalized spacial score (nSPS) is 12.7. The van der Waals surface area contributed by atoms with Crippen molar-refractivity contribution in [2.45, 2.75) is 64.6 Å². The van der Waals surface area contributed by atoms with Gasteiger partial charge in [-0.05, 0) is 110 Å². The van der Waals surface area contributed by atoms with Crippen molar-refractivity contribution in [3.8, 4) is 29.9 Å². The lowest BCUT2D eigenvalue weighted by atomic mass is 9.99. The number of urea groups is 1. The van der Waals surface area contributed by atoms with Gasteiger partial charge in [-0.1, -0.05) is 47.3 Å². The van der Waals surface area contributed by atoms with Gasteiger partial charge in [-0.25, -0.2) is 33.5 Å². The van der Waals surface area contributed by atoms with Crippen molar-refractivity contribution in [2.75, 3.05) is 69.0 Å². The third kappa shape index (κ3) is 16.9. The first-order valence-electron chi connectivity index (χ1n) is 25.0. The van der Waals surface area contributed by atoms with Gasteiger partial charge in [-0.2, -0.15) is 0 Å². The Morgan fingerprint density at radius 3 is 2.46 bits per heavy atom. The molecule has 422 valence electrons. The van der Waals surface area contributed by atoms with E-state index in [1.165, 1.54) is 58.7 Å². The van der Waals surface area contributed by atoms with Gasteiger partial charge < -0.3 is 78.2 Å². The number of primary amides is 1. The number of carbonyl (C=O) groups excluding carboxylic acids is 5. The zero-order valence-corrected chi connectivity index (χ0v) is 45.8. The van der Waals surface area contributed by atoms with E-state index in [0.29, 0.717) is 75.7 Å². The number of rotatable bonds is 24. The largest absolute Gasteiger partial charge is 0.491 e. The summed E-state index contributed by atoms with van der Waals surface area (Å²) in [5.41, 5.74) is 27.6. The summed E-state index contributed by atoms with van der Waals surface area (Å²) in [7, 11) is 2.92. The number of benzene rings is 3. The molecule has 1 aliphatic rings. The zero-order chi connectivity index (χ0) is 57.9. The molecule has 0 aliphatic carbocycles. The molecule has 26 heteroatoms. The number of amides is 6. The van der Waals surface area contributed by atoms with Crippen LogP contribution in [0.4, 0.5) is 34.7 Å². The highest BCUT2D eigenvalue weighted by Crippen LogP contribution is 2.35. The van der Waals surface area contributed by atoms with Crippen LogP contribution in [0.2, 0.25) is 0 Å². The van der Waals surface area contributed by atoms with Gasteiger partial charge in [0.2, 0.25) is 11.8 Å². The van der Waals surface area contributed by atoms with E-state index < -0.39 is 47.9 Å². The molecule has 0 saturated heterocycles. The van der Waals surface area contributed by atoms with Gasteiger partial charge in [-0.3, -0.25) is 9.59 Å². The highest BCUT2D eigenvalue weighted by Gasteiger charge is 2.28. The van der Waals surface area contributed by atoms with E-state index in [0.717, 1.165) is 27.8 Å². The van der Waals surface area contributed by atoms with Crippen LogP contribution in [-0.2, 0) is 38.6 Å². The monoisotopic (exact) mass is 1140 g/mol. The number of carboxylic acid groups (broad SMARTS) is 1. The summed E-state index contributed by atoms with van der Waals surface area (Å²) in [6.07, 6.45) is 6.21. The van der Waals surface area contributed by atoms with E-state index in [1.54, 1.807) is 29.2 Å². The summed E-state index contributed by atoms with van der Waals surface area (Å²) in [4.78, 5) is 88.4. The molecule has 3 heterocycles. The summed E-state index contributed by atoms with van der Waals surface area (Å²) in [5, 5.41) is 22.1. The molecule has 2 aromatic heterocycles. The molecule has 6 rings (SSSR count). The predicted molar refractivity (Wildman–Crippen MR) is 301 cm³/mol. The van der Waals surface area contributed by atoms with Crippen molar-refractivity contribution in [1.82, 2.24) is 30.4 Å². The molecule has 0 bridgehead atoms. The van der Waals surface area contributed by atoms with E-state index >= 15 is 4.39 Å². The number of terminal acetylenes is 1. The minimum absolute atomic E-state index is 0.0316. The number of nitrogens with one attached hydrogen (secondary N) is 4. The summed E-state index contributed by atoms with van der Waals surface area (Å²) < 4.78 is 32.6. The van der Waals surface area contributed by atoms with Gasteiger partial charge in [0.25, 0.3) is 0 Å². The maximum absolute atomic E-state index is 15.3. The lowest BCUT2D eigenvalue weighted by molar-refractivity contribution is -0.125. The average Bonchev–Trinajstić information content (AvgIpc) is 4.07. The number of carbonyl (C=O) groups is 6. The Hall–Kier alpha value is -9.11. The van der Waals surface area contributed by atoms with Crippen molar-refractivity contribution >= 4 is 84.8 Å². The molecule has 0 radical (unpaired) electrons. The van der Waals surface area contributed by atoms with Gasteiger partial charge >= 0.3 is 24.2 Å². The minimum atomic E-state index is -1.19. The molecule has 1 atom stereocenters. The Bertz CT molecular complexity index is 3240. The number of fused-ring (bicyclic) bond motifs is 1. The van der Waals surface area contributed by atoms with Crippen molar-refractivity contribution < 1.29 is 52.5 Å². The Labute approximate surface area is 468 Å². The fraction of sp³-hybridized carbons (Fsp3) is 0.333. The van der Waals surface area contributed by atoms with Gasteiger partial charge in [0.05, 0.1) is 29.9 Å². The number of nitrogens with two attached hydrogens (primary N) is 4. The Morgan fingerprint density at radius 2 is 1.74 bits per heavy atom. The summed E-state index contributed by atoms with van der Waals surface area (Å²) in [6.45, 7) is 1.56. The number of allylic oxidation sites excluding steroid dienone is 2. The van der Waals surface area contributed by atoms with E-state index in [9.17, 15) is 33.9 Å². The molecule has 3 aromatic carbocycles. The lowest BCUT2D eigenvalue weighted by Crippen LogP contribution is -2.46. The highest BCUT2D eigenvalue weighted by atomic mass is 32.1. The number of carboxylic acids is 1. The first-order valence-corrected chi connectivity index (χ1v) is 26.6. The average molecular weight is 1140 g/mol. The van der Waals surface area contributed by atoms with Crippen LogP contribution >= 0.6 is 22.7 Å². The van der Waals surface area contributed by atoms with Gasteiger partial charge in [0.15, 0.2) is 34.1 Å². The van der Waals surface area contributed by atoms with Crippen LogP contribution in [0.1, 0.15) is 71.1 Å². The van der Waals surface area contributed by atoms with Crippen LogP contribution in [0, 0.1) is 30.0 Å². The Kier molecular flexibility index (Phi) is 21.8. The molecule has 80 heavy (non-hydrogen) atoms. The third-order valence-corrected chi connectivity index (χ3v) is 14.2. The first kappa shape index (κ1) is 60.1. The number of para-hydroxylation sites is 1. The minimum Gasteiger partial charge on any atom is -0.491 e. The number of halogens is 1. The maximum atomic E-state index is 15.3. The van der Waals surface area contributed by atoms with E-state index in [2.05, 4.69) is 49.0 Å². The molecule has 1 unspecified atom stereocenters. The van der Waals surface area contributed by atoms with Crippen molar-refractivity contribution in [3.63, 3.8) is 0 Å². The Balaban J connectivity index is 1.02. The second kappa shape index (κ2) is 29.0. The SMILES string of the molecule is C#CCOC(=O)N(C)Cc1cc(NC(=O)C(CCCNC(N)=O)NC(=O)CN)ccc1COC(=O)N(C)CC#Cc1ccc(OCCCc2sc(N3CCCC(/C(C)=C(\N)Nc4nc5ccccc5s4)=C3N)nc2C(=O)O)c(F)c1. The fourth-order valence-corrected chi connectivity index (χ4v) is 9.98. The molecular formula is C54H62FN13O10S2. The van der Waals surface area contributed by atoms with Crippen molar-refractivity contribution in [3.05, 3.63) is 117 Å². The summed E-state index contributed by atoms with van der Waals surface area (Å²) >= 11 is 2.70. The molecule has 1 aliphatic heterocycles. The molecule has 0 fully saturated rings. The highest BCUT2D eigenvalue weighted by molar-refractivity contribution is 7.22. The van der Waals surface area contributed by atoms with Gasteiger partial charge in [0.1, 0.15) is 24.3 Å². The quantitative estimate of drug-likeness (QED) is 0.0279. The molecule has 0 saturated carbocycles. The van der Waals surface area contributed by atoms with Crippen LogP contribution in [0.15, 0.2) is 83.5 Å². The third-order valence-electron chi connectivity index (χ3n) is 12.1. The van der Waals surface area contributed by atoms with Crippen LogP contribution < -0.4 is 53.8 Å². The van der Waals surface area contributed by atoms with Crippen LogP contribution in [0.25, 0.3) is 10.2 Å². The molecule has 6 amide bonds. The van der Waals surface area contributed by atoms with Gasteiger partial charge in [0, 0.05) is 49.9 Å². The van der Waals surface area contributed by atoms with Crippen LogP contribution in [0.3, 0.4) is 0 Å². The maximum Gasteiger partial charge on any atom is 0.410 e. The van der Waals surface area contributed by atoms with Crippen molar-refractivity contribution in [1.29, 1.82) is 0 Å². The van der Waals surface area contributed by atoms with Gasteiger partial charge in [-0.15, -0.1) is 17.8 Å². The topological polar surface area (TPSA) is 338 Å². The second-order valence-electron chi connectivity index (χ2n) is 18.0. The summed E-state index contributed by atoms with van der Waals surface area (Å²) in [5.74, 6) is 5.64. The molecule has 5 aromatic rings. The molecule has 0 spiro atoms. The Morgan fingerprint density at radius 1 is 0.963 bits per heavy atom. The lowest BCUT2D eigenvalue weighted by Gasteiger charge is -2.30. The number of hydrogen-bond acceptors (Lipinski definition) is 18. The number of aromatic nitrogens is 2. The smallest absolute Gasteiger partial charge is 0.410 e. The number of ether oxygens (including phenoxy) is 3.